The van der Waals surface area contributed by atoms with Gasteiger partial charge in [-0.2, -0.15) is 0 Å². The lowest BCUT2D eigenvalue weighted by molar-refractivity contribution is 0.377. The van der Waals surface area contributed by atoms with E-state index in [-0.39, 0.29) is 4.90 Å². The highest BCUT2D eigenvalue weighted by Gasteiger charge is 2.18. The van der Waals surface area contributed by atoms with Gasteiger partial charge in [-0.05, 0) is 37.9 Å². The predicted octanol–water partition coefficient (Wildman–Crippen LogP) is 1.23. The van der Waals surface area contributed by atoms with Gasteiger partial charge >= 0.3 is 0 Å². The van der Waals surface area contributed by atoms with E-state index in [1.54, 1.807) is 30.6 Å². The van der Waals surface area contributed by atoms with Gasteiger partial charge in [-0.15, -0.1) is 0 Å². The first kappa shape index (κ1) is 17.8. The Balaban J connectivity index is 1.79. The summed E-state index contributed by atoms with van der Waals surface area (Å²) in [4.78, 5) is 11.0. The molecule has 0 atom stereocenters. The number of benzene rings is 1. The Kier molecular flexibility index (Phi) is 5.31. The number of rotatable bonds is 5. The zero-order valence-corrected chi connectivity index (χ0v) is 15.0. The van der Waals surface area contributed by atoms with E-state index in [9.17, 15) is 8.42 Å². The summed E-state index contributed by atoms with van der Waals surface area (Å²) >= 11 is 0. The number of aromatic nitrogens is 2. The fourth-order valence-electron chi connectivity index (χ4n) is 3.13. The van der Waals surface area contributed by atoms with Crippen molar-refractivity contribution in [2.45, 2.75) is 17.7 Å². The number of primary sulfonamides is 1. The van der Waals surface area contributed by atoms with Gasteiger partial charge in [0.15, 0.2) is 0 Å². The lowest BCUT2D eigenvalue weighted by Gasteiger charge is -2.28. The number of nitrogens with zero attached hydrogens (tertiary/aromatic N) is 3. The first-order valence-electron chi connectivity index (χ1n) is 8.31. The second-order valence-corrected chi connectivity index (χ2v) is 7.90. The molecule has 1 fully saturated rings. The second kappa shape index (κ2) is 7.47. The standard InChI is InChI=1S/C17H23N5O2S/c1-22(12-13-6-8-19-9-7-13)17-11-20-15(10-21-17)14-4-2-3-5-16(14)25(18,23)24/h2-5,10-11,13,19H,6-9,12H2,1H3,(H2,18,23,24). The Morgan fingerprint density at radius 1 is 1.20 bits per heavy atom. The minimum atomic E-state index is -3.81. The van der Waals surface area contributed by atoms with Gasteiger partial charge in [0.1, 0.15) is 5.82 Å². The van der Waals surface area contributed by atoms with Crippen molar-refractivity contribution >= 4 is 15.8 Å². The van der Waals surface area contributed by atoms with Crippen LogP contribution in [0.25, 0.3) is 11.3 Å². The minimum Gasteiger partial charge on any atom is -0.358 e. The minimum absolute atomic E-state index is 0.0557. The van der Waals surface area contributed by atoms with Crippen LogP contribution in [-0.2, 0) is 10.0 Å². The van der Waals surface area contributed by atoms with Crippen molar-refractivity contribution in [1.29, 1.82) is 0 Å². The van der Waals surface area contributed by atoms with E-state index < -0.39 is 10.0 Å². The van der Waals surface area contributed by atoms with Crippen LogP contribution in [0.4, 0.5) is 5.82 Å². The van der Waals surface area contributed by atoms with Gasteiger partial charge < -0.3 is 10.2 Å². The van der Waals surface area contributed by atoms with Crippen LogP contribution in [0.5, 0.6) is 0 Å². The predicted molar refractivity (Wildman–Crippen MR) is 97.7 cm³/mol. The van der Waals surface area contributed by atoms with Crippen molar-refractivity contribution < 1.29 is 8.42 Å². The molecule has 1 aliphatic rings. The Bertz CT molecular complexity index is 817. The molecule has 0 bridgehead atoms. The molecule has 3 N–H and O–H groups in total. The fraction of sp³-hybridized carbons (Fsp3) is 0.412. The number of nitrogens with two attached hydrogens (primary N) is 1. The van der Waals surface area contributed by atoms with Crippen LogP contribution in [0.3, 0.4) is 0 Å². The number of anilines is 1. The molecule has 0 aliphatic carbocycles. The Morgan fingerprint density at radius 3 is 2.56 bits per heavy atom. The highest BCUT2D eigenvalue weighted by molar-refractivity contribution is 7.89. The van der Waals surface area contributed by atoms with Crippen molar-refractivity contribution in [3.8, 4) is 11.3 Å². The van der Waals surface area contributed by atoms with Gasteiger partial charge in [0.2, 0.25) is 10.0 Å². The molecule has 2 aromatic rings. The number of piperidine rings is 1. The molecule has 3 rings (SSSR count). The molecular weight excluding hydrogens is 338 g/mol. The summed E-state index contributed by atoms with van der Waals surface area (Å²) in [6.07, 6.45) is 5.60. The summed E-state index contributed by atoms with van der Waals surface area (Å²) in [5.74, 6) is 1.42. The van der Waals surface area contributed by atoms with Gasteiger partial charge in [-0.25, -0.2) is 18.5 Å². The molecule has 7 nitrogen and oxygen atoms in total. The van der Waals surface area contributed by atoms with E-state index in [1.807, 2.05) is 7.05 Å². The van der Waals surface area contributed by atoms with Crippen molar-refractivity contribution in [1.82, 2.24) is 15.3 Å². The largest absolute Gasteiger partial charge is 0.358 e. The van der Waals surface area contributed by atoms with Gasteiger partial charge in [0, 0.05) is 19.2 Å². The number of hydrogen-bond acceptors (Lipinski definition) is 6. The van der Waals surface area contributed by atoms with Gasteiger partial charge in [-0.1, -0.05) is 18.2 Å². The van der Waals surface area contributed by atoms with Crippen LogP contribution < -0.4 is 15.4 Å². The highest BCUT2D eigenvalue weighted by atomic mass is 32.2. The molecule has 0 saturated carbocycles. The first-order valence-corrected chi connectivity index (χ1v) is 9.86. The van der Waals surface area contributed by atoms with E-state index in [2.05, 4.69) is 20.2 Å². The maximum absolute atomic E-state index is 11.7. The van der Waals surface area contributed by atoms with E-state index in [4.69, 9.17) is 5.14 Å². The van der Waals surface area contributed by atoms with Crippen LogP contribution in [-0.4, -0.2) is 45.1 Å². The smallest absolute Gasteiger partial charge is 0.238 e. The molecule has 1 aromatic heterocycles. The average Bonchev–Trinajstić information content (AvgIpc) is 2.62. The molecule has 25 heavy (non-hydrogen) atoms. The zero-order valence-electron chi connectivity index (χ0n) is 14.2. The Labute approximate surface area is 148 Å². The van der Waals surface area contributed by atoms with Crippen LogP contribution in [0.15, 0.2) is 41.6 Å². The molecule has 2 heterocycles. The molecule has 1 aliphatic heterocycles. The molecule has 8 heteroatoms. The number of hydrogen-bond donors (Lipinski definition) is 2. The zero-order chi connectivity index (χ0) is 17.9. The van der Waals surface area contributed by atoms with Gasteiger partial charge in [-0.3, -0.25) is 4.98 Å². The topological polar surface area (TPSA) is 101 Å². The van der Waals surface area contributed by atoms with E-state index in [1.165, 1.54) is 6.07 Å². The summed E-state index contributed by atoms with van der Waals surface area (Å²) in [5.41, 5.74) is 0.952. The van der Waals surface area contributed by atoms with Crippen LogP contribution in [0.2, 0.25) is 0 Å². The van der Waals surface area contributed by atoms with E-state index >= 15 is 0 Å². The molecule has 0 radical (unpaired) electrons. The summed E-state index contributed by atoms with van der Waals surface area (Å²) in [6.45, 7) is 3.06. The Hall–Kier alpha value is -2.03. The number of sulfonamides is 1. The summed E-state index contributed by atoms with van der Waals surface area (Å²) in [5, 5.41) is 8.65. The monoisotopic (exact) mass is 361 g/mol. The summed E-state index contributed by atoms with van der Waals surface area (Å²) in [6, 6.07) is 6.55. The second-order valence-electron chi connectivity index (χ2n) is 6.37. The fourth-order valence-corrected chi connectivity index (χ4v) is 3.88. The maximum atomic E-state index is 11.7. The van der Waals surface area contributed by atoms with E-state index in [0.29, 0.717) is 17.2 Å². The van der Waals surface area contributed by atoms with Crippen molar-refractivity contribution in [3.05, 3.63) is 36.7 Å². The normalized spacial score (nSPS) is 15.9. The molecule has 134 valence electrons. The Morgan fingerprint density at radius 2 is 1.92 bits per heavy atom. The lowest BCUT2D eigenvalue weighted by atomic mass is 9.98. The third kappa shape index (κ3) is 4.33. The van der Waals surface area contributed by atoms with Crippen molar-refractivity contribution in [2.24, 2.45) is 11.1 Å². The van der Waals surface area contributed by atoms with E-state index in [0.717, 1.165) is 38.3 Å². The van der Waals surface area contributed by atoms with Crippen molar-refractivity contribution in [3.63, 3.8) is 0 Å². The highest BCUT2D eigenvalue weighted by Crippen LogP contribution is 2.25. The SMILES string of the molecule is CN(CC1CCNCC1)c1cnc(-c2ccccc2S(N)(=O)=O)cn1. The lowest BCUT2D eigenvalue weighted by Crippen LogP contribution is -2.34. The molecule has 0 amide bonds. The van der Waals surface area contributed by atoms with Crippen LogP contribution in [0.1, 0.15) is 12.8 Å². The first-order chi connectivity index (χ1) is 11.9. The van der Waals surface area contributed by atoms with Gasteiger partial charge in [0.05, 0.1) is 23.0 Å². The summed E-state index contributed by atoms with van der Waals surface area (Å²) in [7, 11) is -1.81. The number of nitrogens with one attached hydrogen (secondary N) is 1. The van der Waals surface area contributed by atoms with Crippen molar-refractivity contribution in [2.75, 3.05) is 31.6 Å². The molecular formula is C17H23N5O2S. The van der Waals surface area contributed by atoms with Crippen LogP contribution >= 0.6 is 0 Å². The third-order valence-corrected chi connectivity index (χ3v) is 5.46. The maximum Gasteiger partial charge on any atom is 0.238 e. The molecule has 1 aromatic carbocycles. The quantitative estimate of drug-likeness (QED) is 0.830. The molecule has 1 saturated heterocycles. The van der Waals surface area contributed by atoms with Crippen LogP contribution in [0, 0.1) is 5.92 Å². The molecule has 0 spiro atoms. The molecule has 0 unspecified atom stereocenters. The average molecular weight is 361 g/mol. The summed E-state index contributed by atoms with van der Waals surface area (Å²) < 4.78 is 23.5. The third-order valence-electron chi connectivity index (χ3n) is 4.49. The van der Waals surface area contributed by atoms with Gasteiger partial charge in [0.25, 0.3) is 0 Å².